The maximum Gasteiger partial charge on any atom is 0.151 e. The van der Waals surface area contributed by atoms with Gasteiger partial charge in [0, 0.05) is 5.75 Å². The van der Waals surface area contributed by atoms with Crippen LogP contribution < -0.4 is 5.73 Å². The minimum absolute atomic E-state index is 0.0763. The number of hydrogen-bond donors (Lipinski definition) is 2. The van der Waals surface area contributed by atoms with E-state index in [-0.39, 0.29) is 5.17 Å². The Morgan fingerprint density at radius 2 is 2.45 bits per heavy atom. The molecule has 1 rings (SSSR count). The van der Waals surface area contributed by atoms with Gasteiger partial charge >= 0.3 is 0 Å². The highest BCUT2D eigenvalue weighted by atomic mass is 32.2. The lowest BCUT2D eigenvalue weighted by molar-refractivity contribution is 0.302. The molecular weight excluding hydrogens is 164 g/mol. The van der Waals surface area contributed by atoms with Crippen molar-refractivity contribution in [2.24, 2.45) is 5.73 Å². The minimum Gasteiger partial charge on any atom is -0.379 e. The van der Waals surface area contributed by atoms with E-state index in [1.165, 1.54) is 11.8 Å². The predicted octanol–water partition coefficient (Wildman–Crippen LogP) is 0.505. The van der Waals surface area contributed by atoms with E-state index < -0.39 is 0 Å². The Hall–Kier alpha value is -1.04. The summed E-state index contributed by atoms with van der Waals surface area (Å²) < 4.78 is 4.45. The molecule has 0 aliphatic heterocycles. The molecule has 60 valence electrons. The summed E-state index contributed by atoms with van der Waals surface area (Å²) in [5.74, 6) is 0.546. The Kier molecular flexibility index (Phi) is 2.48. The summed E-state index contributed by atoms with van der Waals surface area (Å²) >= 11 is 1.20. The standard InChI is InChI=1S/C5H8N4OS/c1-3-4(9-10-8-3)2-11-5(6)7/h2H2,1H3,(H3,6,7). The Balaban J connectivity index is 2.51. The molecule has 1 aromatic heterocycles. The second kappa shape index (κ2) is 3.38. The highest BCUT2D eigenvalue weighted by Gasteiger charge is 2.04. The van der Waals surface area contributed by atoms with Crippen molar-refractivity contribution in [3.05, 3.63) is 11.4 Å². The van der Waals surface area contributed by atoms with E-state index in [4.69, 9.17) is 11.1 Å². The molecule has 0 aliphatic rings. The van der Waals surface area contributed by atoms with Crippen LogP contribution in [0.4, 0.5) is 0 Å². The molecule has 0 aromatic carbocycles. The smallest absolute Gasteiger partial charge is 0.151 e. The molecular formula is C5H8N4OS. The van der Waals surface area contributed by atoms with E-state index in [1.807, 2.05) is 0 Å². The quantitative estimate of drug-likeness (QED) is 0.501. The molecule has 0 atom stereocenters. The Bertz CT molecular complexity index is 259. The lowest BCUT2D eigenvalue weighted by Gasteiger charge is -1.92. The van der Waals surface area contributed by atoms with Gasteiger partial charge in [-0.1, -0.05) is 22.1 Å². The Labute approximate surface area is 67.8 Å². The van der Waals surface area contributed by atoms with Crippen LogP contribution in [0.3, 0.4) is 0 Å². The number of amidine groups is 1. The van der Waals surface area contributed by atoms with Crippen molar-refractivity contribution in [3.63, 3.8) is 0 Å². The van der Waals surface area contributed by atoms with Crippen LogP contribution in [0.15, 0.2) is 4.63 Å². The summed E-state index contributed by atoms with van der Waals surface area (Å²) in [6.45, 7) is 1.80. The van der Waals surface area contributed by atoms with Gasteiger partial charge in [-0.05, 0) is 6.92 Å². The molecule has 5 nitrogen and oxygen atoms in total. The summed E-state index contributed by atoms with van der Waals surface area (Å²) in [6.07, 6.45) is 0. The summed E-state index contributed by atoms with van der Waals surface area (Å²) in [5.41, 5.74) is 6.62. The number of nitrogens with two attached hydrogens (primary N) is 1. The van der Waals surface area contributed by atoms with Crippen molar-refractivity contribution in [3.8, 4) is 0 Å². The third-order valence-electron chi connectivity index (χ3n) is 1.11. The first kappa shape index (κ1) is 8.06. The molecule has 6 heteroatoms. The van der Waals surface area contributed by atoms with Gasteiger partial charge in [0.25, 0.3) is 0 Å². The maximum atomic E-state index is 6.93. The zero-order valence-electron chi connectivity index (χ0n) is 6.00. The van der Waals surface area contributed by atoms with Crippen LogP contribution >= 0.6 is 11.8 Å². The summed E-state index contributed by atoms with van der Waals surface area (Å²) in [4.78, 5) is 0. The van der Waals surface area contributed by atoms with Gasteiger partial charge in [-0.25, -0.2) is 4.63 Å². The highest BCUT2D eigenvalue weighted by molar-refractivity contribution is 8.13. The van der Waals surface area contributed by atoms with Crippen molar-refractivity contribution in [2.75, 3.05) is 0 Å². The molecule has 11 heavy (non-hydrogen) atoms. The van der Waals surface area contributed by atoms with E-state index >= 15 is 0 Å². The van der Waals surface area contributed by atoms with E-state index in [1.54, 1.807) is 6.92 Å². The fourth-order valence-corrected chi connectivity index (χ4v) is 1.08. The molecule has 1 heterocycles. The average molecular weight is 172 g/mol. The molecule has 0 unspecified atom stereocenters. The lowest BCUT2D eigenvalue weighted by Crippen LogP contribution is -2.04. The molecule has 0 bridgehead atoms. The molecule has 0 amide bonds. The van der Waals surface area contributed by atoms with Gasteiger partial charge in [0.15, 0.2) is 5.17 Å². The summed E-state index contributed by atoms with van der Waals surface area (Å²) in [6, 6.07) is 0. The van der Waals surface area contributed by atoms with Crippen molar-refractivity contribution >= 4 is 16.9 Å². The van der Waals surface area contributed by atoms with Crippen LogP contribution in [0.2, 0.25) is 0 Å². The molecule has 0 saturated carbocycles. The number of rotatable bonds is 2. The SMILES string of the molecule is Cc1nonc1CSC(=N)N. The number of hydrogen-bond acceptors (Lipinski definition) is 5. The first-order chi connectivity index (χ1) is 5.20. The summed E-state index contributed by atoms with van der Waals surface area (Å²) in [7, 11) is 0. The third-order valence-corrected chi connectivity index (χ3v) is 1.84. The Morgan fingerprint density at radius 1 is 1.73 bits per heavy atom. The molecule has 0 aliphatic carbocycles. The van der Waals surface area contributed by atoms with Crippen molar-refractivity contribution in [1.29, 1.82) is 5.41 Å². The molecule has 0 saturated heterocycles. The third kappa shape index (κ3) is 2.23. The number of thioether (sulfide) groups is 1. The number of nitrogens with one attached hydrogen (secondary N) is 1. The second-order valence-electron chi connectivity index (χ2n) is 1.95. The van der Waals surface area contributed by atoms with E-state index in [9.17, 15) is 0 Å². The topological polar surface area (TPSA) is 88.8 Å². The highest BCUT2D eigenvalue weighted by Crippen LogP contribution is 2.10. The molecule has 3 N–H and O–H groups in total. The zero-order chi connectivity index (χ0) is 8.27. The largest absolute Gasteiger partial charge is 0.379 e. The number of aryl methyl sites for hydroxylation is 1. The van der Waals surface area contributed by atoms with Crippen LogP contribution in [-0.4, -0.2) is 15.5 Å². The van der Waals surface area contributed by atoms with Crippen LogP contribution in [0, 0.1) is 12.3 Å². The fourth-order valence-electron chi connectivity index (χ4n) is 0.527. The zero-order valence-corrected chi connectivity index (χ0v) is 6.81. The van der Waals surface area contributed by atoms with Crippen molar-refractivity contribution < 1.29 is 4.63 Å². The fraction of sp³-hybridized carbons (Fsp3) is 0.400. The van der Waals surface area contributed by atoms with Crippen LogP contribution in [0.1, 0.15) is 11.4 Å². The monoisotopic (exact) mass is 172 g/mol. The van der Waals surface area contributed by atoms with Gasteiger partial charge in [-0.3, -0.25) is 5.41 Å². The molecule has 0 spiro atoms. The first-order valence-corrected chi connectivity index (χ1v) is 3.93. The van der Waals surface area contributed by atoms with Crippen LogP contribution in [0.5, 0.6) is 0 Å². The molecule has 0 radical (unpaired) electrons. The van der Waals surface area contributed by atoms with E-state index in [0.29, 0.717) is 5.75 Å². The summed E-state index contributed by atoms with van der Waals surface area (Å²) in [5, 5.41) is 14.2. The average Bonchev–Trinajstić information content (AvgIpc) is 2.31. The van der Waals surface area contributed by atoms with Crippen molar-refractivity contribution in [1.82, 2.24) is 10.3 Å². The lowest BCUT2D eigenvalue weighted by atomic mass is 10.4. The van der Waals surface area contributed by atoms with Gasteiger partial charge in [-0.15, -0.1) is 0 Å². The van der Waals surface area contributed by atoms with Crippen LogP contribution in [-0.2, 0) is 5.75 Å². The minimum atomic E-state index is 0.0763. The predicted molar refractivity (Wildman–Crippen MR) is 42.2 cm³/mol. The number of nitrogens with zero attached hydrogens (tertiary/aromatic N) is 2. The Morgan fingerprint density at radius 3 is 2.91 bits per heavy atom. The van der Waals surface area contributed by atoms with Gasteiger partial charge < -0.3 is 5.73 Å². The number of aromatic nitrogens is 2. The first-order valence-electron chi connectivity index (χ1n) is 2.95. The molecule has 0 fully saturated rings. The second-order valence-corrected chi connectivity index (χ2v) is 2.97. The van der Waals surface area contributed by atoms with E-state index in [2.05, 4.69) is 14.9 Å². The van der Waals surface area contributed by atoms with Gasteiger partial charge in [-0.2, -0.15) is 0 Å². The van der Waals surface area contributed by atoms with Crippen molar-refractivity contribution in [2.45, 2.75) is 12.7 Å². The normalized spacial score (nSPS) is 9.91. The van der Waals surface area contributed by atoms with Gasteiger partial charge in [0.05, 0.1) is 0 Å². The molecule has 1 aromatic rings. The maximum absolute atomic E-state index is 6.93. The van der Waals surface area contributed by atoms with Crippen LogP contribution in [0.25, 0.3) is 0 Å². The van der Waals surface area contributed by atoms with Gasteiger partial charge in [0.1, 0.15) is 11.4 Å². The van der Waals surface area contributed by atoms with E-state index in [0.717, 1.165) is 11.4 Å². The van der Waals surface area contributed by atoms with Gasteiger partial charge in [0.2, 0.25) is 0 Å².